The van der Waals surface area contributed by atoms with Gasteiger partial charge >= 0.3 is 0 Å². The molecule has 1 aliphatic carbocycles. The third kappa shape index (κ3) is 4.39. The second-order valence-electron chi connectivity index (χ2n) is 12.6. The number of rotatable bonds is 5. The lowest BCUT2D eigenvalue weighted by molar-refractivity contribution is 0.866. The van der Waals surface area contributed by atoms with Crippen LogP contribution in [0.4, 0.5) is 17.1 Å². The van der Waals surface area contributed by atoms with Crippen molar-refractivity contribution in [3.63, 3.8) is 0 Å². The van der Waals surface area contributed by atoms with Crippen LogP contribution in [0.3, 0.4) is 0 Å². The van der Waals surface area contributed by atoms with E-state index in [2.05, 4.69) is 166 Å². The number of anilines is 3. The van der Waals surface area contributed by atoms with Gasteiger partial charge in [0.15, 0.2) is 0 Å². The van der Waals surface area contributed by atoms with Gasteiger partial charge in [0.25, 0.3) is 0 Å². The van der Waals surface area contributed by atoms with Crippen LogP contribution in [0.1, 0.15) is 36.5 Å². The summed E-state index contributed by atoms with van der Waals surface area (Å²) in [5, 5.41) is 5.11. The van der Waals surface area contributed by atoms with E-state index in [4.69, 9.17) is 0 Å². The van der Waals surface area contributed by atoms with E-state index < -0.39 is 0 Å². The van der Waals surface area contributed by atoms with Gasteiger partial charge in [0.2, 0.25) is 0 Å². The average Bonchev–Trinajstić information content (AvgIpc) is 3.05. The molecular weight excluding hydrogens is 530 g/mol. The largest absolute Gasteiger partial charge is 0.310 e. The van der Waals surface area contributed by atoms with Crippen molar-refractivity contribution in [1.82, 2.24) is 0 Å². The fourth-order valence-electron chi connectivity index (χ4n) is 6.70. The topological polar surface area (TPSA) is 3.24 Å². The maximum absolute atomic E-state index is 2.41. The van der Waals surface area contributed by atoms with E-state index >= 15 is 0 Å². The Morgan fingerprint density at radius 1 is 0.409 bits per heavy atom. The Labute approximate surface area is 260 Å². The lowest BCUT2D eigenvalue weighted by atomic mass is 9.77. The summed E-state index contributed by atoms with van der Waals surface area (Å²) in [4.78, 5) is 2.41. The van der Waals surface area contributed by atoms with Crippen molar-refractivity contribution in [2.45, 2.75) is 33.6 Å². The Morgan fingerprint density at radius 3 is 1.68 bits per heavy atom. The summed E-state index contributed by atoms with van der Waals surface area (Å²) in [6.07, 6.45) is 0. The summed E-state index contributed by atoms with van der Waals surface area (Å²) >= 11 is 0. The van der Waals surface area contributed by atoms with Gasteiger partial charge in [-0.05, 0) is 158 Å². The van der Waals surface area contributed by atoms with E-state index in [-0.39, 0.29) is 0 Å². The maximum atomic E-state index is 2.41. The first kappa shape index (κ1) is 26.5. The molecule has 0 atom stereocenters. The summed E-state index contributed by atoms with van der Waals surface area (Å²) in [7, 11) is 0. The third-order valence-electron chi connectivity index (χ3n) is 9.43. The molecule has 7 aromatic carbocycles. The standard InChI is InChI=1S/C43H35N/c1-27(2)31-11-8-12-37(21-31)44(38-17-13-28(3)29(4)19-38)39-18-16-34-24-41-40-23-33-15-14-32(30-9-6-5-7-10-30)20-35(33)25-42(40)43(41)26-36(34)22-39/h5-27H,1-4H3. The van der Waals surface area contributed by atoms with Crippen LogP contribution in [0.5, 0.6) is 0 Å². The number of fused-ring (bicyclic) bond motifs is 6. The molecule has 0 amide bonds. The van der Waals surface area contributed by atoms with Gasteiger partial charge in [-0.15, -0.1) is 0 Å². The molecule has 1 aliphatic rings. The Bertz CT molecular complexity index is 2220. The van der Waals surface area contributed by atoms with E-state index in [0.29, 0.717) is 5.92 Å². The maximum Gasteiger partial charge on any atom is 0.0468 e. The van der Waals surface area contributed by atoms with Crippen molar-refractivity contribution in [3.8, 4) is 33.4 Å². The van der Waals surface area contributed by atoms with Crippen molar-refractivity contribution in [3.05, 3.63) is 150 Å². The minimum atomic E-state index is 0.465. The van der Waals surface area contributed by atoms with Gasteiger partial charge in [0.1, 0.15) is 0 Å². The number of hydrogen-bond acceptors (Lipinski definition) is 1. The molecule has 1 heteroatoms. The molecule has 0 radical (unpaired) electrons. The predicted molar refractivity (Wildman–Crippen MR) is 190 cm³/mol. The predicted octanol–water partition coefficient (Wildman–Crippen LogP) is 12.5. The van der Waals surface area contributed by atoms with Crippen LogP contribution in [0.15, 0.2) is 133 Å². The van der Waals surface area contributed by atoms with E-state index in [9.17, 15) is 0 Å². The number of aryl methyl sites for hydroxylation is 2. The van der Waals surface area contributed by atoms with Crippen LogP contribution in [0.25, 0.3) is 54.9 Å². The quantitative estimate of drug-likeness (QED) is 0.201. The molecule has 7 aromatic rings. The molecule has 0 spiro atoms. The Balaban J connectivity index is 1.23. The molecule has 44 heavy (non-hydrogen) atoms. The van der Waals surface area contributed by atoms with Gasteiger partial charge < -0.3 is 4.90 Å². The fourth-order valence-corrected chi connectivity index (χ4v) is 6.70. The molecule has 0 heterocycles. The zero-order valence-corrected chi connectivity index (χ0v) is 25.7. The number of benzene rings is 7. The Kier molecular flexibility index (Phi) is 6.17. The van der Waals surface area contributed by atoms with Crippen LogP contribution in [0, 0.1) is 13.8 Å². The van der Waals surface area contributed by atoms with Crippen LogP contribution in [0.2, 0.25) is 0 Å². The van der Waals surface area contributed by atoms with E-state index in [1.807, 2.05) is 0 Å². The smallest absolute Gasteiger partial charge is 0.0468 e. The lowest BCUT2D eigenvalue weighted by Crippen LogP contribution is -2.11. The molecule has 0 saturated carbocycles. The second-order valence-corrected chi connectivity index (χ2v) is 12.6. The van der Waals surface area contributed by atoms with Crippen molar-refractivity contribution in [2.24, 2.45) is 0 Å². The highest BCUT2D eigenvalue weighted by Gasteiger charge is 2.24. The molecule has 0 bridgehead atoms. The van der Waals surface area contributed by atoms with Gasteiger partial charge in [-0.2, -0.15) is 0 Å². The lowest BCUT2D eigenvalue weighted by Gasteiger charge is -2.28. The minimum Gasteiger partial charge on any atom is -0.310 e. The van der Waals surface area contributed by atoms with Gasteiger partial charge in [-0.3, -0.25) is 0 Å². The van der Waals surface area contributed by atoms with E-state index in [0.717, 1.165) is 0 Å². The molecule has 0 saturated heterocycles. The Hall–Kier alpha value is -5.14. The molecule has 1 nitrogen and oxygen atoms in total. The number of hydrogen-bond donors (Lipinski definition) is 0. The third-order valence-corrected chi connectivity index (χ3v) is 9.43. The molecule has 0 unspecified atom stereocenters. The number of nitrogens with zero attached hydrogens (tertiary/aromatic N) is 1. The highest BCUT2D eigenvalue weighted by Crippen LogP contribution is 2.51. The Morgan fingerprint density at radius 2 is 1.00 bits per heavy atom. The van der Waals surface area contributed by atoms with Crippen LogP contribution in [-0.4, -0.2) is 0 Å². The molecule has 8 rings (SSSR count). The molecular formula is C43H35N. The van der Waals surface area contributed by atoms with Gasteiger partial charge in [0.05, 0.1) is 0 Å². The zero-order valence-electron chi connectivity index (χ0n) is 25.7. The van der Waals surface area contributed by atoms with Crippen LogP contribution < -0.4 is 4.90 Å². The molecule has 0 aliphatic heterocycles. The van der Waals surface area contributed by atoms with Crippen LogP contribution >= 0.6 is 0 Å². The zero-order chi connectivity index (χ0) is 29.9. The summed E-state index contributed by atoms with van der Waals surface area (Å²) in [5.74, 6) is 0.465. The summed E-state index contributed by atoms with van der Waals surface area (Å²) < 4.78 is 0. The van der Waals surface area contributed by atoms with Gasteiger partial charge in [0, 0.05) is 17.1 Å². The first-order valence-corrected chi connectivity index (χ1v) is 15.6. The van der Waals surface area contributed by atoms with Gasteiger partial charge in [-0.1, -0.05) is 80.6 Å². The van der Waals surface area contributed by atoms with Gasteiger partial charge in [-0.25, -0.2) is 0 Å². The summed E-state index contributed by atoms with van der Waals surface area (Å²) in [6.45, 7) is 8.90. The van der Waals surface area contributed by atoms with Crippen LogP contribution in [-0.2, 0) is 0 Å². The summed E-state index contributed by atoms with van der Waals surface area (Å²) in [6, 6.07) is 49.7. The normalized spacial score (nSPS) is 11.8. The average molecular weight is 566 g/mol. The van der Waals surface area contributed by atoms with Crippen molar-refractivity contribution in [1.29, 1.82) is 0 Å². The highest BCUT2D eigenvalue weighted by molar-refractivity contribution is 6.12. The first-order valence-electron chi connectivity index (χ1n) is 15.6. The van der Waals surface area contributed by atoms with E-state index in [1.165, 1.54) is 88.7 Å². The first-order chi connectivity index (χ1) is 21.4. The summed E-state index contributed by atoms with van der Waals surface area (Å²) in [5.41, 5.74) is 15.4. The van der Waals surface area contributed by atoms with Crippen molar-refractivity contribution < 1.29 is 0 Å². The molecule has 212 valence electrons. The molecule has 0 N–H and O–H groups in total. The molecule has 0 aromatic heterocycles. The fraction of sp³-hybridized carbons (Fsp3) is 0.116. The van der Waals surface area contributed by atoms with E-state index in [1.54, 1.807) is 0 Å². The monoisotopic (exact) mass is 565 g/mol. The molecule has 0 fully saturated rings. The second kappa shape index (κ2) is 10.2. The minimum absolute atomic E-state index is 0.465. The van der Waals surface area contributed by atoms with Crippen molar-refractivity contribution in [2.75, 3.05) is 4.90 Å². The van der Waals surface area contributed by atoms with Crippen molar-refractivity contribution >= 4 is 38.6 Å². The highest BCUT2D eigenvalue weighted by atomic mass is 15.1. The SMILES string of the molecule is Cc1ccc(N(c2cccc(C(C)C)c2)c2ccc3cc4c(cc3c2)-c2cc3cc(-c5ccccc5)ccc3cc2-4)cc1C.